The van der Waals surface area contributed by atoms with Crippen LogP contribution in [0.3, 0.4) is 0 Å². The molecule has 0 spiro atoms. The second-order valence-electron chi connectivity index (χ2n) is 4.61. The standard InChI is InChI=1S/C12H21NO4/c1-3-4-7-17-12(16)13(2)10(11(14)15)8-9-5-6-9/h9-10H,3-8H2,1-2H3,(H,14,15)/t10-/m0/s1. The molecule has 5 nitrogen and oxygen atoms in total. The summed E-state index contributed by atoms with van der Waals surface area (Å²) in [6.07, 6.45) is 3.90. The molecular weight excluding hydrogens is 222 g/mol. The van der Waals surface area contributed by atoms with Crippen molar-refractivity contribution in [2.75, 3.05) is 13.7 Å². The number of carboxylic acids is 1. The van der Waals surface area contributed by atoms with Crippen molar-refractivity contribution in [2.24, 2.45) is 5.92 Å². The van der Waals surface area contributed by atoms with Gasteiger partial charge in [-0.05, 0) is 18.8 Å². The molecule has 0 saturated heterocycles. The molecule has 1 aliphatic rings. The molecule has 0 aromatic heterocycles. The molecule has 1 aliphatic carbocycles. The molecule has 0 heterocycles. The smallest absolute Gasteiger partial charge is 0.410 e. The lowest BCUT2D eigenvalue weighted by Gasteiger charge is -2.24. The summed E-state index contributed by atoms with van der Waals surface area (Å²) in [5.41, 5.74) is 0. The second-order valence-corrected chi connectivity index (χ2v) is 4.61. The van der Waals surface area contributed by atoms with Gasteiger partial charge in [-0.15, -0.1) is 0 Å². The first-order valence-electron chi connectivity index (χ1n) is 6.18. The van der Waals surface area contributed by atoms with E-state index in [4.69, 9.17) is 9.84 Å². The number of nitrogens with zero attached hydrogens (tertiary/aromatic N) is 1. The molecule has 0 bridgehead atoms. The number of carbonyl (C=O) groups excluding carboxylic acids is 1. The van der Waals surface area contributed by atoms with Crippen LogP contribution in [0, 0.1) is 5.92 Å². The molecule has 1 N–H and O–H groups in total. The van der Waals surface area contributed by atoms with Crippen LogP contribution in [0.1, 0.15) is 39.0 Å². The van der Waals surface area contributed by atoms with E-state index in [-0.39, 0.29) is 0 Å². The highest BCUT2D eigenvalue weighted by Crippen LogP contribution is 2.34. The fourth-order valence-corrected chi connectivity index (χ4v) is 1.63. The monoisotopic (exact) mass is 243 g/mol. The van der Waals surface area contributed by atoms with Crippen LogP contribution in [0.25, 0.3) is 0 Å². The van der Waals surface area contributed by atoms with Gasteiger partial charge >= 0.3 is 12.1 Å². The van der Waals surface area contributed by atoms with E-state index < -0.39 is 18.1 Å². The minimum atomic E-state index is -0.952. The summed E-state index contributed by atoms with van der Waals surface area (Å²) in [5, 5.41) is 9.09. The highest BCUT2D eigenvalue weighted by Gasteiger charge is 2.34. The molecule has 1 amide bonds. The molecular formula is C12H21NO4. The van der Waals surface area contributed by atoms with Crippen molar-refractivity contribution in [1.82, 2.24) is 4.90 Å². The van der Waals surface area contributed by atoms with Gasteiger partial charge in [-0.25, -0.2) is 9.59 Å². The van der Waals surface area contributed by atoms with Gasteiger partial charge in [0.05, 0.1) is 6.61 Å². The van der Waals surface area contributed by atoms with Crippen LogP contribution >= 0.6 is 0 Å². The van der Waals surface area contributed by atoms with E-state index in [1.165, 1.54) is 11.9 Å². The van der Waals surface area contributed by atoms with Gasteiger partial charge in [0, 0.05) is 7.05 Å². The van der Waals surface area contributed by atoms with E-state index >= 15 is 0 Å². The number of aliphatic carboxylic acids is 1. The van der Waals surface area contributed by atoms with Crippen LogP contribution in [0.5, 0.6) is 0 Å². The lowest BCUT2D eigenvalue weighted by Crippen LogP contribution is -2.43. The maximum atomic E-state index is 11.6. The van der Waals surface area contributed by atoms with Crippen molar-refractivity contribution < 1.29 is 19.4 Å². The Morgan fingerprint density at radius 2 is 2.12 bits per heavy atom. The van der Waals surface area contributed by atoms with E-state index in [0.29, 0.717) is 18.9 Å². The Kier molecular flexibility index (Phi) is 5.25. The Hall–Kier alpha value is -1.26. The molecule has 98 valence electrons. The van der Waals surface area contributed by atoms with Crippen LogP contribution in [0.4, 0.5) is 4.79 Å². The number of rotatable bonds is 7. The summed E-state index contributed by atoms with van der Waals surface area (Å²) in [6, 6.07) is -0.753. The van der Waals surface area contributed by atoms with Gasteiger partial charge in [-0.1, -0.05) is 26.2 Å². The fraction of sp³-hybridized carbons (Fsp3) is 0.833. The van der Waals surface area contributed by atoms with E-state index in [1.807, 2.05) is 6.92 Å². The average molecular weight is 243 g/mol. The minimum Gasteiger partial charge on any atom is -0.480 e. The predicted octanol–water partition coefficient (Wildman–Crippen LogP) is 2.11. The molecule has 1 atom stereocenters. The number of ether oxygens (including phenoxy) is 1. The summed E-state index contributed by atoms with van der Waals surface area (Å²) in [4.78, 5) is 23.9. The third-order valence-corrected chi connectivity index (χ3v) is 3.02. The summed E-state index contributed by atoms with van der Waals surface area (Å²) in [6.45, 7) is 2.36. The number of carbonyl (C=O) groups is 2. The van der Waals surface area contributed by atoms with Crippen LogP contribution in [0.15, 0.2) is 0 Å². The normalized spacial score (nSPS) is 16.4. The van der Waals surface area contributed by atoms with E-state index in [0.717, 1.165) is 25.7 Å². The molecule has 0 aliphatic heterocycles. The number of amides is 1. The lowest BCUT2D eigenvalue weighted by atomic mass is 10.1. The topological polar surface area (TPSA) is 66.8 Å². The van der Waals surface area contributed by atoms with E-state index in [2.05, 4.69) is 0 Å². The second kappa shape index (κ2) is 6.47. The summed E-state index contributed by atoms with van der Waals surface area (Å²) in [5.74, 6) is -0.492. The fourth-order valence-electron chi connectivity index (χ4n) is 1.63. The van der Waals surface area contributed by atoms with Crippen molar-refractivity contribution in [3.05, 3.63) is 0 Å². The molecule has 5 heteroatoms. The Bertz CT molecular complexity index is 276. The van der Waals surface area contributed by atoms with Crippen molar-refractivity contribution in [1.29, 1.82) is 0 Å². The molecule has 1 rings (SSSR count). The van der Waals surface area contributed by atoms with Gasteiger partial charge in [0.2, 0.25) is 0 Å². The van der Waals surface area contributed by atoms with Gasteiger partial charge in [0.25, 0.3) is 0 Å². The Labute approximate surface area is 102 Å². The number of hydrogen-bond donors (Lipinski definition) is 1. The Balaban J connectivity index is 2.41. The first-order chi connectivity index (χ1) is 8.06. The zero-order chi connectivity index (χ0) is 12.8. The number of likely N-dealkylation sites (N-methyl/N-ethyl adjacent to an activating group) is 1. The van der Waals surface area contributed by atoms with Gasteiger partial charge in [-0.3, -0.25) is 4.90 Å². The molecule has 0 unspecified atom stereocenters. The molecule has 1 saturated carbocycles. The summed E-state index contributed by atoms with van der Waals surface area (Å²) >= 11 is 0. The molecule has 0 aromatic rings. The maximum absolute atomic E-state index is 11.6. The van der Waals surface area contributed by atoms with E-state index in [1.54, 1.807) is 0 Å². The summed E-state index contributed by atoms with van der Waals surface area (Å²) in [7, 11) is 1.50. The van der Waals surface area contributed by atoms with Crippen LogP contribution in [0.2, 0.25) is 0 Å². The third kappa shape index (κ3) is 4.63. The largest absolute Gasteiger partial charge is 0.480 e. The SMILES string of the molecule is CCCCOC(=O)N(C)[C@@H](CC1CC1)C(=O)O. The van der Waals surface area contributed by atoms with Gasteiger partial charge in [-0.2, -0.15) is 0 Å². The lowest BCUT2D eigenvalue weighted by molar-refractivity contribution is -0.142. The third-order valence-electron chi connectivity index (χ3n) is 3.02. The van der Waals surface area contributed by atoms with Gasteiger partial charge in [0.15, 0.2) is 0 Å². The molecule has 0 radical (unpaired) electrons. The first kappa shape index (κ1) is 13.8. The zero-order valence-electron chi connectivity index (χ0n) is 10.5. The minimum absolute atomic E-state index is 0.357. The van der Waals surface area contributed by atoms with Gasteiger partial charge < -0.3 is 9.84 Å². The van der Waals surface area contributed by atoms with Crippen molar-refractivity contribution >= 4 is 12.1 Å². The average Bonchev–Trinajstić information content (AvgIpc) is 3.08. The van der Waals surface area contributed by atoms with E-state index in [9.17, 15) is 9.59 Å². The van der Waals surface area contributed by atoms with Crippen LogP contribution < -0.4 is 0 Å². The molecule has 0 aromatic carbocycles. The Morgan fingerprint density at radius 3 is 2.59 bits per heavy atom. The number of unbranched alkanes of at least 4 members (excludes halogenated alkanes) is 1. The number of carboxylic acid groups (broad SMARTS) is 1. The number of hydrogen-bond acceptors (Lipinski definition) is 3. The first-order valence-corrected chi connectivity index (χ1v) is 6.18. The Morgan fingerprint density at radius 1 is 1.47 bits per heavy atom. The quantitative estimate of drug-likeness (QED) is 0.695. The van der Waals surface area contributed by atoms with Crippen molar-refractivity contribution in [2.45, 2.75) is 45.1 Å². The highest BCUT2D eigenvalue weighted by molar-refractivity contribution is 5.79. The molecule has 17 heavy (non-hydrogen) atoms. The van der Waals surface area contributed by atoms with Crippen molar-refractivity contribution in [3.8, 4) is 0 Å². The van der Waals surface area contributed by atoms with Crippen LogP contribution in [-0.4, -0.2) is 41.8 Å². The van der Waals surface area contributed by atoms with Crippen LogP contribution in [-0.2, 0) is 9.53 Å². The van der Waals surface area contributed by atoms with Gasteiger partial charge in [0.1, 0.15) is 6.04 Å². The zero-order valence-corrected chi connectivity index (χ0v) is 10.5. The predicted molar refractivity (Wildman–Crippen MR) is 62.8 cm³/mol. The maximum Gasteiger partial charge on any atom is 0.410 e. The molecule has 1 fully saturated rings. The summed E-state index contributed by atoms with van der Waals surface area (Å²) < 4.78 is 5.00. The van der Waals surface area contributed by atoms with Crippen molar-refractivity contribution in [3.63, 3.8) is 0 Å². The highest BCUT2D eigenvalue weighted by atomic mass is 16.6.